The zero-order valence-electron chi connectivity index (χ0n) is 11.7. The van der Waals surface area contributed by atoms with Crippen molar-refractivity contribution in [3.8, 4) is 5.75 Å². The number of ether oxygens (including phenoxy) is 1. The monoisotopic (exact) mass is 270 g/mol. The quantitative estimate of drug-likeness (QED) is 0.843. The molecule has 0 aliphatic heterocycles. The molecule has 0 bridgehead atoms. The number of hydrogen-bond acceptors (Lipinski definition) is 3. The average molecular weight is 270 g/mol. The second-order valence-corrected chi connectivity index (χ2v) is 4.60. The Morgan fingerprint density at radius 3 is 2.75 bits per heavy atom. The molecule has 0 spiro atoms. The summed E-state index contributed by atoms with van der Waals surface area (Å²) in [7, 11) is 1.67. The highest BCUT2D eigenvalue weighted by atomic mass is 16.5. The Kier molecular flexibility index (Phi) is 5.02. The number of para-hydroxylation sites is 1. The van der Waals surface area contributed by atoms with Crippen LogP contribution < -0.4 is 10.1 Å². The molecule has 2 N–H and O–H groups in total. The van der Waals surface area contributed by atoms with Gasteiger partial charge in [0.15, 0.2) is 0 Å². The molecule has 1 atom stereocenters. The van der Waals surface area contributed by atoms with Crippen LogP contribution in [0.2, 0.25) is 0 Å². The van der Waals surface area contributed by atoms with Gasteiger partial charge in [0, 0.05) is 17.8 Å². The molecule has 20 heavy (non-hydrogen) atoms. The molecule has 0 amide bonds. The van der Waals surface area contributed by atoms with Crippen molar-refractivity contribution in [1.82, 2.24) is 0 Å². The highest BCUT2D eigenvalue weighted by Gasteiger charge is 2.06. The molecule has 0 fully saturated rings. The molecule has 2 aromatic rings. The number of anilines is 1. The molecule has 3 heteroatoms. The molecular formula is C17H20NO2. The minimum absolute atomic E-state index is 0.468. The average Bonchev–Trinajstić information content (AvgIpc) is 2.52. The SMILES string of the molecule is [CH2]CC(O)c1cccc(NCc2ccccc2OC)c1. The Labute approximate surface area is 120 Å². The number of hydrogen-bond donors (Lipinski definition) is 2. The third-order valence-electron chi connectivity index (χ3n) is 3.22. The van der Waals surface area contributed by atoms with Crippen LogP contribution in [0.4, 0.5) is 5.69 Å². The molecule has 0 saturated carbocycles. The van der Waals surface area contributed by atoms with Crippen molar-refractivity contribution in [3.63, 3.8) is 0 Å². The normalized spacial score (nSPS) is 11.9. The lowest BCUT2D eigenvalue weighted by Crippen LogP contribution is -2.03. The van der Waals surface area contributed by atoms with Gasteiger partial charge in [0.25, 0.3) is 0 Å². The Hall–Kier alpha value is -2.00. The van der Waals surface area contributed by atoms with E-state index in [1.807, 2.05) is 48.5 Å². The van der Waals surface area contributed by atoms with Crippen molar-refractivity contribution < 1.29 is 9.84 Å². The van der Waals surface area contributed by atoms with Crippen LogP contribution in [0.15, 0.2) is 48.5 Å². The first-order valence-corrected chi connectivity index (χ1v) is 6.67. The van der Waals surface area contributed by atoms with Gasteiger partial charge in [-0.05, 0) is 30.2 Å². The zero-order valence-corrected chi connectivity index (χ0v) is 11.7. The van der Waals surface area contributed by atoms with E-state index in [9.17, 15) is 5.11 Å². The van der Waals surface area contributed by atoms with E-state index in [-0.39, 0.29) is 0 Å². The first kappa shape index (κ1) is 14.4. The molecule has 0 aromatic heterocycles. The first-order chi connectivity index (χ1) is 9.74. The molecule has 1 unspecified atom stereocenters. The third-order valence-corrected chi connectivity index (χ3v) is 3.22. The van der Waals surface area contributed by atoms with E-state index >= 15 is 0 Å². The molecule has 0 aliphatic carbocycles. The Bertz CT molecular complexity index is 554. The topological polar surface area (TPSA) is 41.5 Å². The predicted octanol–water partition coefficient (Wildman–Crippen LogP) is 3.56. The Balaban J connectivity index is 2.07. The van der Waals surface area contributed by atoms with E-state index in [0.717, 1.165) is 22.6 Å². The molecular weight excluding hydrogens is 250 g/mol. The minimum atomic E-state index is -0.511. The van der Waals surface area contributed by atoms with Gasteiger partial charge in [-0.3, -0.25) is 0 Å². The van der Waals surface area contributed by atoms with Gasteiger partial charge in [0.05, 0.1) is 13.2 Å². The van der Waals surface area contributed by atoms with Crippen LogP contribution >= 0.6 is 0 Å². The lowest BCUT2D eigenvalue weighted by molar-refractivity contribution is 0.181. The van der Waals surface area contributed by atoms with Gasteiger partial charge < -0.3 is 15.2 Å². The summed E-state index contributed by atoms with van der Waals surface area (Å²) in [6, 6.07) is 15.7. The van der Waals surface area contributed by atoms with Crippen molar-refractivity contribution in [3.05, 3.63) is 66.6 Å². The van der Waals surface area contributed by atoms with Crippen LogP contribution in [0.5, 0.6) is 5.75 Å². The summed E-state index contributed by atoms with van der Waals surface area (Å²) in [4.78, 5) is 0. The first-order valence-electron chi connectivity index (χ1n) is 6.67. The third kappa shape index (κ3) is 3.52. The summed E-state index contributed by atoms with van der Waals surface area (Å²) in [5, 5.41) is 13.2. The summed E-state index contributed by atoms with van der Waals surface area (Å²) in [5.74, 6) is 0.869. The van der Waals surface area contributed by atoms with Gasteiger partial charge >= 0.3 is 0 Å². The van der Waals surface area contributed by atoms with Crippen LogP contribution in [0.3, 0.4) is 0 Å². The zero-order chi connectivity index (χ0) is 14.4. The van der Waals surface area contributed by atoms with Gasteiger partial charge in [0.1, 0.15) is 5.75 Å². The van der Waals surface area contributed by atoms with Crippen molar-refractivity contribution >= 4 is 5.69 Å². The number of methoxy groups -OCH3 is 1. The van der Waals surface area contributed by atoms with Crippen LogP contribution in [0.25, 0.3) is 0 Å². The van der Waals surface area contributed by atoms with Crippen LogP contribution in [-0.2, 0) is 6.54 Å². The van der Waals surface area contributed by atoms with Crippen LogP contribution in [0.1, 0.15) is 23.7 Å². The maximum absolute atomic E-state index is 9.81. The fourth-order valence-corrected chi connectivity index (χ4v) is 2.07. The largest absolute Gasteiger partial charge is 0.496 e. The van der Waals surface area contributed by atoms with E-state index in [1.165, 1.54) is 0 Å². The molecule has 2 aromatic carbocycles. The van der Waals surface area contributed by atoms with Crippen molar-refractivity contribution in [1.29, 1.82) is 0 Å². The summed E-state index contributed by atoms with van der Waals surface area (Å²) in [6.45, 7) is 4.40. The second kappa shape index (κ2) is 6.96. The van der Waals surface area contributed by atoms with E-state index in [0.29, 0.717) is 13.0 Å². The summed E-state index contributed by atoms with van der Waals surface area (Å²) < 4.78 is 5.32. The molecule has 2 rings (SSSR count). The van der Waals surface area contributed by atoms with Gasteiger partial charge in [0.2, 0.25) is 0 Å². The van der Waals surface area contributed by atoms with Crippen LogP contribution in [-0.4, -0.2) is 12.2 Å². The number of aliphatic hydroxyl groups is 1. The van der Waals surface area contributed by atoms with E-state index in [1.54, 1.807) is 7.11 Å². The second-order valence-electron chi connectivity index (χ2n) is 4.60. The number of nitrogens with one attached hydrogen (secondary N) is 1. The van der Waals surface area contributed by atoms with Crippen molar-refractivity contribution in [2.24, 2.45) is 0 Å². The lowest BCUT2D eigenvalue weighted by atomic mass is 10.1. The van der Waals surface area contributed by atoms with Gasteiger partial charge in [-0.1, -0.05) is 37.3 Å². The predicted molar refractivity (Wildman–Crippen MR) is 81.7 cm³/mol. The fraction of sp³-hybridized carbons (Fsp3) is 0.235. The molecule has 1 radical (unpaired) electrons. The van der Waals surface area contributed by atoms with E-state index in [2.05, 4.69) is 12.2 Å². The van der Waals surface area contributed by atoms with Crippen molar-refractivity contribution in [2.45, 2.75) is 19.1 Å². The van der Waals surface area contributed by atoms with Crippen molar-refractivity contribution in [2.75, 3.05) is 12.4 Å². The fourth-order valence-electron chi connectivity index (χ4n) is 2.07. The molecule has 0 heterocycles. The van der Waals surface area contributed by atoms with E-state index in [4.69, 9.17) is 4.74 Å². The highest BCUT2D eigenvalue weighted by molar-refractivity contribution is 5.48. The van der Waals surface area contributed by atoms with Gasteiger partial charge in [-0.25, -0.2) is 0 Å². The summed E-state index contributed by atoms with van der Waals surface area (Å²) in [5.41, 5.74) is 2.95. The highest BCUT2D eigenvalue weighted by Crippen LogP contribution is 2.22. The standard InChI is InChI=1S/C17H20NO2/c1-3-16(19)13-8-6-9-15(11-13)18-12-14-7-4-5-10-17(14)20-2/h4-11,16,18-19H,1,3,12H2,2H3. The molecule has 0 aliphatic rings. The van der Waals surface area contributed by atoms with Crippen LogP contribution in [0, 0.1) is 6.92 Å². The minimum Gasteiger partial charge on any atom is -0.496 e. The number of rotatable bonds is 6. The van der Waals surface area contributed by atoms with Gasteiger partial charge in [-0.2, -0.15) is 0 Å². The smallest absolute Gasteiger partial charge is 0.123 e. The Morgan fingerprint density at radius 1 is 1.20 bits per heavy atom. The summed E-state index contributed by atoms with van der Waals surface area (Å²) in [6.07, 6.45) is -0.0429. The Morgan fingerprint density at radius 2 is 2.00 bits per heavy atom. The van der Waals surface area contributed by atoms with E-state index < -0.39 is 6.10 Å². The molecule has 0 saturated heterocycles. The maximum atomic E-state index is 9.81. The molecule has 105 valence electrons. The maximum Gasteiger partial charge on any atom is 0.123 e. The lowest BCUT2D eigenvalue weighted by Gasteiger charge is -2.13. The number of benzene rings is 2. The molecule has 3 nitrogen and oxygen atoms in total. The summed E-state index contributed by atoms with van der Waals surface area (Å²) >= 11 is 0. The van der Waals surface area contributed by atoms with Gasteiger partial charge in [-0.15, -0.1) is 0 Å². The number of aliphatic hydroxyl groups excluding tert-OH is 1.